The Hall–Kier alpha value is -2.10. The summed E-state index contributed by atoms with van der Waals surface area (Å²) in [5.74, 6) is 0.864. The second-order valence-electron chi connectivity index (χ2n) is 4.68. The number of nitrogens with one attached hydrogen (secondary N) is 1. The first-order chi connectivity index (χ1) is 9.19. The fourth-order valence-corrected chi connectivity index (χ4v) is 1.96. The third-order valence-electron chi connectivity index (χ3n) is 3.03. The molecule has 4 nitrogen and oxygen atoms in total. The summed E-state index contributed by atoms with van der Waals surface area (Å²) in [6.07, 6.45) is 3.68. The average molecular weight is 256 g/mol. The lowest BCUT2D eigenvalue weighted by atomic mass is 10.1. The summed E-state index contributed by atoms with van der Waals surface area (Å²) < 4.78 is 0. The summed E-state index contributed by atoms with van der Waals surface area (Å²) in [5.41, 5.74) is 8.73. The molecule has 1 unspecified atom stereocenters. The van der Waals surface area contributed by atoms with E-state index in [1.54, 1.807) is 6.33 Å². The van der Waals surface area contributed by atoms with Gasteiger partial charge in [0.15, 0.2) is 0 Å². The van der Waals surface area contributed by atoms with Gasteiger partial charge in [-0.25, -0.2) is 9.97 Å². The molecule has 0 bridgehead atoms. The zero-order valence-electron chi connectivity index (χ0n) is 11.4. The topological polar surface area (TPSA) is 63.8 Å². The lowest BCUT2D eigenvalue weighted by molar-refractivity contribution is 0.849. The first-order valence-electron chi connectivity index (χ1n) is 6.62. The standard InChI is InChI=1S/C15H20N4/c1-3-4-14-9-15(18-10-17-14)19-11(2)12-5-7-13(16)8-6-12/h5-11H,3-4,16H2,1-2H3,(H,17,18,19). The molecule has 0 saturated heterocycles. The van der Waals surface area contributed by atoms with E-state index in [1.165, 1.54) is 5.56 Å². The van der Waals surface area contributed by atoms with Gasteiger partial charge in [-0.2, -0.15) is 0 Å². The van der Waals surface area contributed by atoms with Gasteiger partial charge >= 0.3 is 0 Å². The van der Waals surface area contributed by atoms with Crippen LogP contribution in [0.4, 0.5) is 11.5 Å². The first-order valence-corrected chi connectivity index (χ1v) is 6.62. The Bertz CT molecular complexity index is 522. The van der Waals surface area contributed by atoms with E-state index in [1.807, 2.05) is 30.3 Å². The van der Waals surface area contributed by atoms with Crippen molar-refractivity contribution in [3.8, 4) is 0 Å². The number of nitrogen functional groups attached to an aromatic ring is 1. The van der Waals surface area contributed by atoms with Gasteiger partial charge in [0.2, 0.25) is 0 Å². The Balaban J connectivity index is 2.07. The summed E-state index contributed by atoms with van der Waals surface area (Å²) in [6.45, 7) is 4.25. The Morgan fingerprint density at radius 2 is 1.95 bits per heavy atom. The van der Waals surface area contributed by atoms with Crippen molar-refractivity contribution in [2.24, 2.45) is 0 Å². The fraction of sp³-hybridized carbons (Fsp3) is 0.333. The molecule has 0 fully saturated rings. The predicted octanol–water partition coefficient (Wildman–Crippen LogP) is 3.18. The van der Waals surface area contributed by atoms with E-state index >= 15 is 0 Å². The molecule has 100 valence electrons. The summed E-state index contributed by atoms with van der Waals surface area (Å²) in [7, 11) is 0. The molecule has 1 atom stereocenters. The van der Waals surface area contributed by atoms with E-state index < -0.39 is 0 Å². The van der Waals surface area contributed by atoms with E-state index in [-0.39, 0.29) is 6.04 Å². The van der Waals surface area contributed by atoms with Crippen LogP contribution in [0.25, 0.3) is 0 Å². The molecule has 19 heavy (non-hydrogen) atoms. The zero-order valence-corrected chi connectivity index (χ0v) is 11.4. The van der Waals surface area contributed by atoms with E-state index in [4.69, 9.17) is 5.73 Å². The first kappa shape index (κ1) is 13.3. The summed E-state index contributed by atoms with van der Waals surface area (Å²) in [4.78, 5) is 8.51. The number of aromatic nitrogens is 2. The molecule has 2 aromatic rings. The summed E-state index contributed by atoms with van der Waals surface area (Å²) in [6, 6.07) is 10.1. The van der Waals surface area contributed by atoms with E-state index in [0.29, 0.717) is 0 Å². The molecule has 0 amide bonds. The van der Waals surface area contributed by atoms with Crippen molar-refractivity contribution in [2.75, 3.05) is 11.1 Å². The molecule has 0 saturated carbocycles. The number of benzene rings is 1. The van der Waals surface area contributed by atoms with Gasteiger partial charge in [-0.1, -0.05) is 25.5 Å². The van der Waals surface area contributed by atoms with Crippen molar-refractivity contribution >= 4 is 11.5 Å². The second-order valence-corrected chi connectivity index (χ2v) is 4.68. The van der Waals surface area contributed by atoms with Crippen molar-refractivity contribution in [1.82, 2.24) is 9.97 Å². The van der Waals surface area contributed by atoms with Crippen LogP contribution in [-0.4, -0.2) is 9.97 Å². The summed E-state index contributed by atoms with van der Waals surface area (Å²) >= 11 is 0. The number of anilines is 2. The molecule has 3 N–H and O–H groups in total. The molecular weight excluding hydrogens is 236 g/mol. The molecule has 4 heteroatoms. The van der Waals surface area contributed by atoms with Crippen molar-refractivity contribution in [2.45, 2.75) is 32.7 Å². The van der Waals surface area contributed by atoms with Crippen LogP contribution >= 0.6 is 0 Å². The Kier molecular flexibility index (Phi) is 4.34. The Morgan fingerprint density at radius 3 is 2.63 bits per heavy atom. The lowest BCUT2D eigenvalue weighted by Gasteiger charge is -2.15. The fourth-order valence-electron chi connectivity index (χ4n) is 1.96. The number of nitrogens with zero attached hydrogens (tertiary/aromatic N) is 2. The van der Waals surface area contributed by atoms with Gasteiger partial charge in [0.05, 0.1) is 0 Å². The van der Waals surface area contributed by atoms with Gasteiger partial charge in [0, 0.05) is 23.5 Å². The van der Waals surface area contributed by atoms with Crippen LogP contribution in [0, 0.1) is 0 Å². The van der Waals surface area contributed by atoms with Crippen molar-refractivity contribution in [3.63, 3.8) is 0 Å². The van der Waals surface area contributed by atoms with Crippen LogP contribution < -0.4 is 11.1 Å². The molecule has 0 aliphatic carbocycles. The highest BCUT2D eigenvalue weighted by Crippen LogP contribution is 2.19. The minimum Gasteiger partial charge on any atom is -0.399 e. The van der Waals surface area contributed by atoms with Gasteiger partial charge in [-0.05, 0) is 31.0 Å². The number of nitrogens with two attached hydrogens (primary N) is 1. The smallest absolute Gasteiger partial charge is 0.130 e. The van der Waals surface area contributed by atoms with Gasteiger partial charge < -0.3 is 11.1 Å². The molecule has 0 aliphatic heterocycles. The number of rotatable bonds is 5. The zero-order chi connectivity index (χ0) is 13.7. The molecule has 2 rings (SSSR count). The number of aryl methyl sites for hydroxylation is 1. The summed E-state index contributed by atoms with van der Waals surface area (Å²) in [5, 5.41) is 3.38. The van der Waals surface area contributed by atoms with E-state index in [0.717, 1.165) is 30.0 Å². The molecule has 1 aromatic carbocycles. The molecular formula is C15H20N4. The van der Waals surface area contributed by atoms with Crippen molar-refractivity contribution in [3.05, 3.63) is 47.9 Å². The van der Waals surface area contributed by atoms with Gasteiger partial charge in [-0.15, -0.1) is 0 Å². The van der Waals surface area contributed by atoms with Gasteiger partial charge in [0.1, 0.15) is 12.1 Å². The maximum absolute atomic E-state index is 5.69. The molecule has 0 aliphatic rings. The number of hydrogen-bond acceptors (Lipinski definition) is 4. The highest BCUT2D eigenvalue weighted by atomic mass is 15.0. The molecule has 1 heterocycles. The van der Waals surface area contributed by atoms with E-state index in [2.05, 4.69) is 29.1 Å². The third kappa shape index (κ3) is 3.68. The maximum atomic E-state index is 5.69. The van der Waals surface area contributed by atoms with Crippen LogP contribution in [0.1, 0.15) is 37.6 Å². The maximum Gasteiger partial charge on any atom is 0.130 e. The number of hydrogen-bond donors (Lipinski definition) is 2. The van der Waals surface area contributed by atoms with Crippen molar-refractivity contribution < 1.29 is 0 Å². The average Bonchev–Trinajstić information content (AvgIpc) is 2.40. The highest BCUT2D eigenvalue weighted by Gasteiger charge is 2.06. The van der Waals surface area contributed by atoms with Crippen molar-refractivity contribution in [1.29, 1.82) is 0 Å². The van der Waals surface area contributed by atoms with Crippen LogP contribution in [0.2, 0.25) is 0 Å². The van der Waals surface area contributed by atoms with Gasteiger partial charge in [0.25, 0.3) is 0 Å². The third-order valence-corrected chi connectivity index (χ3v) is 3.03. The lowest BCUT2D eigenvalue weighted by Crippen LogP contribution is -2.08. The molecule has 1 aromatic heterocycles. The van der Waals surface area contributed by atoms with Crippen LogP contribution in [0.15, 0.2) is 36.7 Å². The largest absolute Gasteiger partial charge is 0.399 e. The normalized spacial score (nSPS) is 12.1. The highest BCUT2D eigenvalue weighted by molar-refractivity contribution is 5.43. The molecule has 0 spiro atoms. The minimum absolute atomic E-state index is 0.185. The quantitative estimate of drug-likeness (QED) is 0.806. The van der Waals surface area contributed by atoms with Crippen LogP contribution in [0.3, 0.4) is 0 Å². The molecule has 0 radical (unpaired) electrons. The minimum atomic E-state index is 0.185. The van der Waals surface area contributed by atoms with Crippen LogP contribution in [0.5, 0.6) is 0 Å². The Labute approximate surface area is 114 Å². The SMILES string of the molecule is CCCc1cc(NC(C)c2ccc(N)cc2)ncn1. The van der Waals surface area contributed by atoms with E-state index in [9.17, 15) is 0 Å². The van der Waals surface area contributed by atoms with Crippen LogP contribution in [-0.2, 0) is 6.42 Å². The monoisotopic (exact) mass is 256 g/mol. The Morgan fingerprint density at radius 1 is 1.21 bits per heavy atom. The predicted molar refractivity (Wildman–Crippen MR) is 78.9 cm³/mol. The van der Waals surface area contributed by atoms with Gasteiger partial charge in [-0.3, -0.25) is 0 Å². The second kappa shape index (κ2) is 6.18.